The SMILES string of the molecule is CN1CCCC(C(=O)NCC(O)c2ccc3ccccc3c2)C1. The minimum atomic E-state index is -0.676. The Kier molecular flexibility index (Phi) is 4.94. The molecule has 23 heavy (non-hydrogen) atoms. The molecule has 0 spiro atoms. The summed E-state index contributed by atoms with van der Waals surface area (Å²) in [7, 11) is 2.05. The van der Waals surface area contributed by atoms with Gasteiger partial charge in [0, 0.05) is 13.1 Å². The summed E-state index contributed by atoms with van der Waals surface area (Å²) in [5.74, 6) is 0.0916. The number of amides is 1. The lowest BCUT2D eigenvalue weighted by molar-refractivity contribution is -0.127. The number of carbonyl (C=O) groups is 1. The maximum absolute atomic E-state index is 12.2. The Morgan fingerprint density at radius 1 is 1.30 bits per heavy atom. The first-order valence-electron chi connectivity index (χ1n) is 8.26. The highest BCUT2D eigenvalue weighted by molar-refractivity contribution is 5.83. The molecule has 4 nitrogen and oxygen atoms in total. The molecule has 1 aliphatic heterocycles. The van der Waals surface area contributed by atoms with Gasteiger partial charge in [0.05, 0.1) is 12.0 Å². The van der Waals surface area contributed by atoms with Crippen LogP contribution in [-0.4, -0.2) is 42.6 Å². The van der Waals surface area contributed by atoms with Gasteiger partial charge < -0.3 is 15.3 Å². The van der Waals surface area contributed by atoms with E-state index >= 15 is 0 Å². The predicted octanol–water partition coefficient (Wildman–Crippen LogP) is 2.33. The van der Waals surface area contributed by atoms with E-state index in [9.17, 15) is 9.90 Å². The molecule has 4 heteroatoms. The van der Waals surface area contributed by atoms with Crippen molar-refractivity contribution in [1.29, 1.82) is 0 Å². The average Bonchev–Trinajstić information content (AvgIpc) is 2.59. The van der Waals surface area contributed by atoms with Gasteiger partial charge in [-0.1, -0.05) is 36.4 Å². The lowest BCUT2D eigenvalue weighted by atomic mass is 9.97. The number of nitrogens with one attached hydrogen (secondary N) is 1. The van der Waals surface area contributed by atoms with E-state index in [2.05, 4.69) is 10.2 Å². The molecule has 1 heterocycles. The Morgan fingerprint density at radius 2 is 2.09 bits per heavy atom. The van der Waals surface area contributed by atoms with Crippen LogP contribution in [0.15, 0.2) is 42.5 Å². The zero-order valence-corrected chi connectivity index (χ0v) is 13.5. The minimum absolute atomic E-state index is 0.0394. The Hall–Kier alpha value is -1.91. The fourth-order valence-electron chi connectivity index (χ4n) is 3.25. The van der Waals surface area contributed by atoms with E-state index in [0.29, 0.717) is 0 Å². The predicted molar refractivity (Wildman–Crippen MR) is 92.1 cm³/mol. The second-order valence-corrected chi connectivity index (χ2v) is 6.47. The second-order valence-electron chi connectivity index (χ2n) is 6.47. The van der Waals surface area contributed by atoms with E-state index in [4.69, 9.17) is 0 Å². The Labute approximate surface area is 137 Å². The van der Waals surface area contributed by atoms with Crippen LogP contribution in [0.1, 0.15) is 24.5 Å². The third kappa shape index (κ3) is 3.89. The normalized spacial score (nSPS) is 20.3. The van der Waals surface area contributed by atoms with Crippen molar-refractivity contribution < 1.29 is 9.90 Å². The van der Waals surface area contributed by atoms with Gasteiger partial charge in [-0.15, -0.1) is 0 Å². The molecule has 0 saturated carbocycles. The highest BCUT2D eigenvalue weighted by Gasteiger charge is 2.24. The molecule has 2 aromatic carbocycles. The van der Waals surface area contributed by atoms with Crippen molar-refractivity contribution in [3.8, 4) is 0 Å². The van der Waals surface area contributed by atoms with Gasteiger partial charge >= 0.3 is 0 Å². The maximum Gasteiger partial charge on any atom is 0.224 e. The molecule has 0 aromatic heterocycles. The number of hydrogen-bond acceptors (Lipinski definition) is 3. The van der Waals surface area contributed by atoms with Gasteiger partial charge in [-0.2, -0.15) is 0 Å². The number of piperidine rings is 1. The van der Waals surface area contributed by atoms with Gasteiger partial charge in [0.25, 0.3) is 0 Å². The summed E-state index contributed by atoms with van der Waals surface area (Å²) in [6.07, 6.45) is 1.31. The van der Waals surface area contributed by atoms with Crippen LogP contribution in [0.5, 0.6) is 0 Å². The molecule has 1 amide bonds. The number of carbonyl (C=O) groups excluding carboxylic acids is 1. The Morgan fingerprint density at radius 3 is 2.87 bits per heavy atom. The quantitative estimate of drug-likeness (QED) is 0.911. The van der Waals surface area contributed by atoms with Crippen LogP contribution in [-0.2, 0) is 4.79 Å². The van der Waals surface area contributed by atoms with E-state index in [1.807, 2.05) is 49.5 Å². The van der Waals surface area contributed by atoms with Crippen molar-refractivity contribution >= 4 is 16.7 Å². The van der Waals surface area contributed by atoms with E-state index in [1.165, 1.54) is 0 Å². The number of benzene rings is 2. The molecule has 0 radical (unpaired) electrons. The van der Waals surface area contributed by atoms with Crippen molar-refractivity contribution in [3.05, 3.63) is 48.0 Å². The summed E-state index contributed by atoms with van der Waals surface area (Å²) >= 11 is 0. The second kappa shape index (κ2) is 7.11. The third-order valence-electron chi connectivity index (χ3n) is 4.62. The monoisotopic (exact) mass is 312 g/mol. The fraction of sp³-hybridized carbons (Fsp3) is 0.421. The fourth-order valence-corrected chi connectivity index (χ4v) is 3.25. The van der Waals surface area contributed by atoms with E-state index in [0.717, 1.165) is 42.3 Å². The van der Waals surface area contributed by atoms with Crippen molar-refractivity contribution in [3.63, 3.8) is 0 Å². The average molecular weight is 312 g/mol. The molecule has 2 unspecified atom stereocenters. The first kappa shape index (κ1) is 16.0. The van der Waals surface area contributed by atoms with E-state index in [1.54, 1.807) is 0 Å². The van der Waals surface area contributed by atoms with Crippen LogP contribution in [0.4, 0.5) is 0 Å². The Bertz CT molecular complexity index is 686. The minimum Gasteiger partial charge on any atom is -0.387 e. The zero-order valence-electron chi connectivity index (χ0n) is 13.5. The third-order valence-corrected chi connectivity index (χ3v) is 4.62. The summed E-state index contributed by atoms with van der Waals surface area (Å²) in [5.41, 5.74) is 0.838. The lowest BCUT2D eigenvalue weighted by Crippen LogP contribution is -2.42. The molecule has 1 aliphatic rings. The first-order valence-corrected chi connectivity index (χ1v) is 8.26. The molecule has 2 N–H and O–H groups in total. The molecule has 3 rings (SSSR count). The number of likely N-dealkylation sites (tertiary alicyclic amines) is 1. The number of rotatable bonds is 4. The number of nitrogens with zero attached hydrogens (tertiary/aromatic N) is 1. The number of aliphatic hydroxyl groups excluding tert-OH is 1. The first-order chi connectivity index (χ1) is 11.1. The molecule has 0 aliphatic carbocycles. The molecule has 122 valence electrons. The maximum atomic E-state index is 12.2. The van der Waals surface area contributed by atoms with Crippen molar-refractivity contribution in [2.75, 3.05) is 26.7 Å². The van der Waals surface area contributed by atoms with Gasteiger partial charge in [-0.3, -0.25) is 4.79 Å². The van der Waals surface area contributed by atoms with E-state index < -0.39 is 6.10 Å². The van der Waals surface area contributed by atoms with Crippen molar-refractivity contribution in [2.45, 2.75) is 18.9 Å². The van der Waals surface area contributed by atoms with Crippen LogP contribution in [0.3, 0.4) is 0 Å². The highest BCUT2D eigenvalue weighted by atomic mass is 16.3. The standard InChI is InChI=1S/C19H24N2O2/c1-21-10-4-7-17(13-21)19(23)20-12-18(22)16-9-8-14-5-2-3-6-15(14)11-16/h2-3,5-6,8-9,11,17-18,22H,4,7,10,12-13H2,1H3,(H,20,23). The van der Waals surface area contributed by atoms with Crippen molar-refractivity contribution in [2.24, 2.45) is 5.92 Å². The largest absolute Gasteiger partial charge is 0.387 e. The summed E-state index contributed by atoms with van der Waals surface area (Å²) in [5, 5.41) is 15.5. The van der Waals surface area contributed by atoms with Crippen LogP contribution in [0, 0.1) is 5.92 Å². The van der Waals surface area contributed by atoms with Gasteiger partial charge in [0.1, 0.15) is 0 Å². The molecular weight excluding hydrogens is 288 g/mol. The molecule has 2 aromatic rings. The molecular formula is C19H24N2O2. The summed E-state index contributed by atoms with van der Waals surface area (Å²) in [6.45, 7) is 2.12. The van der Waals surface area contributed by atoms with E-state index in [-0.39, 0.29) is 18.4 Å². The number of hydrogen-bond donors (Lipinski definition) is 2. The Balaban J connectivity index is 1.59. The number of aliphatic hydroxyl groups is 1. The molecule has 1 saturated heterocycles. The summed E-state index contributed by atoms with van der Waals surface area (Å²) < 4.78 is 0. The summed E-state index contributed by atoms with van der Waals surface area (Å²) in [4.78, 5) is 14.4. The van der Waals surface area contributed by atoms with Crippen LogP contribution >= 0.6 is 0 Å². The van der Waals surface area contributed by atoms with Gasteiger partial charge in [0.2, 0.25) is 5.91 Å². The molecule has 1 fully saturated rings. The highest BCUT2D eigenvalue weighted by Crippen LogP contribution is 2.20. The molecule has 0 bridgehead atoms. The van der Waals surface area contributed by atoms with Crippen LogP contribution in [0.2, 0.25) is 0 Å². The summed E-state index contributed by atoms with van der Waals surface area (Å²) in [6, 6.07) is 14.0. The lowest BCUT2D eigenvalue weighted by Gasteiger charge is -2.29. The topological polar surface area (TPSA) is 52.6 Å². The number of fused-ring (bicyclic) bond motifs is 1. The zero-order chi connectivity index (χ0) is 16.2. The molecule has 2 atom stereocenters. The van der Waals surface area contributed by atoms with Crippen molar-refractivity contribution in [1.82, 2.24) is 10.2 Å². The van der Waals surface area contributed by atoms with Gasteiger partial charge in [0.15, 0.2) is 0 Å². The van der Waals surface area contributed by atoms with Gasteiger partial charge in [-0.25, -0.2) is 0 Å². The van der Waals surface area contributed by atoms with Crippen LogP contribution < -0.4 is 5.32 Å². The van der Waals surface area contributed by atoms with Gasteiger partial charge in [-0.05, 0) is 48.8 Å². The van der Waals surface area contributed by atoms with Crippen LogP contribution in [0.25, 0.3) is 10.8 Å². The smallest absolute Gasteiger partial charge is 0.224 e.